The van der Waals surface area contributed by atoms with Gasteiger partial charge in [0.05, 0.1) is 24.3 Å². The van der Waals surface area contributed by atoms with Crippen LogP contribution in [-0.4, -0.2) is 35.6 Å². The van der Waals surface area contributed by atoms with Gasteiger partial charge in [-0.2, -0.15) is 0 Å². The van der Waals surface area contributed by atoms with Crippen LogP contribution in [0.25, 0.3) is 0 Å². The van der Waals surface area contributed by atoms with Gasteiger partial charge in [0.25, 0.3) is 5.91 Å². The number of nitrogens with zero attached hydrogens (tertiary/aromatic N) is 1. The minimum absolute atomic E-state index is 0.182. The maximum absolute atomic E-state index is 13.1. The number of rotatable bonds is 8. The van der Waals surface area contributed by atoms with Crippen LogP contribution >= 0.6 is 15.9 Å². The summed E-state index contributed by atoms with van der Waals surface area (Å²) in [5.41, 5.74) is 1.27. The van der Waals surface area contributed by atoms with Crippen LogP contribution in [0.2, 0.25) is 0 Å². The topological polar surface area (TPSA) is 49.8 Å². The maximum Gasteiger partial charge on any atom is 0.257 e. The highest BCUT2D eigenvalue weighted by Gasteiger charge is 2.26. The molecule has 0 saturated heterocycles. The third-order valence-electron chi connectivity index (χ3n) is 4.65. The number of aliphatic hydroxyl groups is 1. The molecule has 4 nitrogen and oxygen atoms in total. The van der Waals surface area contributed by atoms with Gasteiger partial charge in [0, 0.05) is 11.5 Å². The van der Waals surface area contributed by atoms with Crippen molar-refractivity contribution in [3.8, 4) is 5.75 Å². The zero-order valence-corrected chi connectivity index (χ0v) is 17.9. The van der Waals surface area contributed by atoms with Gasteiger partial charge < -0.3 is 14.7 Å². The average Bonchev–Trinajstić information content (AvgIpc) is 2.67. The minimum Gasteiger partial charge on any atom is -0.493 e. The first kappa shape index (κ1) is 21.5. The number of benzene rings is 2. The molecular weight excluding hydrogens is 406 g/mol. The molecule has 0 aliphatic heterocycles. The summed E-state index contributed by atoms with van der Waals surface area (Å²) in [7, 11) is 1.71. The first-order chi connectivity index (χ1) is 12.8. The highest BCUT2D eigenvalue weighted by atomic mass is 79.9. The van der Waals surface area contributed by atoms with Gasteiger partial charge in [0.2, 0.25) is 0 Å². The van der Waals surface area contributed by atoms with Crippen LogP contribution in [0.3, 0.4) is 0 Å². The number of aliphatic hydroxyl groups excluding tert-OH is 1. The Bertz CT molecular complexity index is 748. The number of carbonyl (C=O) groups is 1. The van der Waals surface area contributed by atoms with Gasteiger partial charge in [-0.05, 0) is 43.0 Å². The summed E-state index contributed by atoms with van der Waals surface area (Å²) in [6.45, 7) is 6.67. The molecule has 0 heterocycles. The molecule has 1 N–H and O–H groups in total. The van der Waals surface area contributed by atoms with E-state index in [1.807, 2.05) is 49.4 Å². The van der Waals surface area contributed by atoms with Crippen molar-refractivity contribution in [2.75, 3.05) is 13.7 Å². The van der Waals surface area contributed by atoms with E-state index in [0.717, 1.165) is 16.5 Å². The molecule has 2 atom stereocenters. The van der Waals surface area contributed by atoms with Crippen molar-refractivity contribution in [1.29, 1.82) is 0 Å². The van der Waals surface area contributed by atoms with Crippen LogP contribution in [0.1, 0.15) is 49.2 Å². The molecule has 0 spiro atoms. The molecule has 1 amide bonds. The van der Waals surface area contributed by atoms with E-state index < -0.39 is 6.10 Å². The van der Waals surface area contributed by atoms with Gasteiger partial charge in [-0.3, -0.25) is 4.79 Å². The second-order valence-corrected chi connectivity index (χ2v) is 8.10. The van der Waals surface area contributed by atoms with E-state index >= 15 is 0 Å². The van der Waals surface area contributed by atoms with E-state index in [2.05, 4.69) is 29.8 Å². The fourth-order valence-electron chi connectivity index (χ4n) is 2.72. The van der Waals surface area contributed by atoms with Crippen LogP contribution in [0.5, 0.6) is 5.75 Å². The van der Waals surface area contributed by atoms with Gasteiger partial charge in [-0.15, -0.1) is 0 Å². The number of carbonyl (C=O) groups excluding carboxylic acids is 1. The second-order valence-electron chi connectivity index (χ2n) is 7.18. The fraction of sp³-hybridized carbons (Fsp3) is 0.409. The number of amides is 1. The molecule has 0 aliphatic rings. The van der Waals surface area contributed by atoms with Crippen molar-refractivity contribution >= 4 is 21.8 Å². The lowest BCUT2D eigenvalue weighted by atomic mass is 10.0. The SMILES string of the molecule is CC(C)CCOc1ccc(Br)cc1C(=O)N(C)C(C)C(O)c1ccccc1. The quantitative estimate of drug-likeness (QED) is 0.631. The van der Waals surface area contributed by atoms with Crippen LogP contribution in [-0.2, 0) is 0 Å². The van der Waals surface area contributed by atoms with Crippen LogP contribution in [0, 0.1) is 5.92 Å². The number of likely N-dealkylation sites (N-methyl/N-ethyl adjacent to an activating group) is 1. The predicted molar refractivity (Wildman–Crippen MR) is 112 cm³/mol. The Kier molecular flexibility index (Phi) is 7.87. The largest absolute Gasteiger partial charge is 0.493 e. The lowest BCUT2D eigenvalue weighted by Crippen LogP contribution is -2.39. The zero-order chi connectivity index (χ0) is 20.0. The summed E-state index contributed by atoms with van der Waals surface area (Å²) >= 11 is 3.43. The zero-order valence-electron chi connectivity index (χ0n) is 16.4. The summed E-state index contributed by atoms with van der Waals surface area (Å²) in [6.07, 6.45) is 0.153. The van der Waals surface area contributed by atoms with Crippen molar-refractivity contribution in [3.63, 3.8) is 0 Å². The van der Waals surface area contributed by atoms with Crippen molar-refractivity contribution in [1.82, 2.24) is 4.90 Å². The Morgan fingerprint density at radius 2 is 1.81 bits per heavy atom. The Labute approximate surface area is 170 Å². The van der Waals surface area contributed by atoms with Gasteiger partial charge >= 0.3 is 0 Å². The normalized spacial score (nSPS) is 13.3. The molecule has 2 aromatic carbocycles. The van der Waals surface area contributed by atoms with E-state index in [-0.39, 0.29) is 11.9 Å². The average molecular weight is 434 g/mol. The van der Waals surface area contributed by atoms with Gasteiger partial charge in [0.15, 0.2) is 0 Å². The monoisotopic (exact) mass is 433 g/mol. The summed E-state index contributed by atoms with van der Waals surface area (Å²) in [5.74, 6) is 0.916. The molecule has 0 aliphatic carbocycles. The van der Waals surface area contributed by atoms with Crippen LogP contribution < -0.4 is 4.74 Å². The number of halogens is 1. The predicted octanol–water partition coefficient (Wildman–Crippen LogP) is 5.07. The van der Waals surface area contributed by atoms with Crippen LogP contribution in [0.15, 0.2) is 53.0 Å². The molecule has 0 fully saturated rings. The summed E-state index contributed by atoms with van der Waals surface area (Å²) in [6, 6.07) is 14.4. The number of hydrogen-bond donors (Lipinski definition) is 1. The van der Waals surface area contributed by atoms with Crippen molar-refractivity contribution in [2.24, 2.45) is 5.92 Å². The fourth-order valence-corrected chi connectivity index (χ4v) is 3.08. The first-order valence-electron chi connectivity index (χ1n) is 9.23. The minimum atomic E-state index is -0.766. The molecule has 0 radical (unpaired) electrons. The van der Waals surface area contributed by atoms with E-state index in [0.29, 0.717) is 23.8 Å². The molecule has 0 bridgehead atoms. The molecule has 2 aromatic rings. The van der Waals surface area contributed by atoms with Crippen LogP contribution in [0.4, 0.5) is 0 Å². The smallest absolute Gasteiger partial charge is 0.257 e. The Morgan fingerprint density at radius 3 is 2.44 bits per heavy atom. The standard InChI is InChI=1S/C22H28BrNO3/c1-15(2)12-13-27-20-11-10-18(23)14-19(20)22(26)24(4)16(3)21(25)17-8-6-5-7-9-17/h5-11,14-16,21,25H,12-13H2,1-4H3. The van der Waals surface area contributed by atoms with Crippen molar-refractivity contribution in [2.45, 2.75) is 39.3 Å². The molecule has 2 rings (SSSR count). The van der Waals surface area contributed by atoms with E-state index in [4.69, 9.17) is 4.74 Å². The number of ether oxygens (including phenoxy) is 1. The van der Waals surface area contributed by atoms with Gasteiger partial charge in [0.1, 0.15) is 5.75 Å². The lowest BCUT2D eigenvalue weighted by molar-refractivity contribution is 0.0483. The Morgan fingerprint density at radius 1 is 1.15 bits per heavy atom. The molecule has 2 unspecified atom stereocenters. The third-order valence-corrected chi connectivity index (χ3v) is 5.15. The first-order valence-corrected chi connectivity index (χ1v) is 10.0. The molecule has 5 heteroatoms. The third kappa shape index (κ3) is 5.81. The molecule has 146 valence electrons. The van der Waals surface area contributed by atoms with E-state index in [1.165, 1.54) is 0 Å². The van der Waals surface area contributed by atoms with Gasteiger partial charge in [-0.1, -0.05) is 60.1 Å². The Balaban J connectivity index is 2.18. The highest BCUT2D eigenvalue weighted by Crippen LogP contribution is 2.27. The highest BCUT2D eigenvalue weighted by molar-refractivity contribution is 9.10. The molecule has 27 heavy (non-hydrogen) atoms. The van der Waals surface area contributed by atoms with Crippen molar-refractivity contribution < 1.29 is 14.6 Å². The maximum atomic E-state index is 13.1. The summed E-state index contributed by atoms with van der Waals surface area (Å²) in [5, 5.41) is 10.6. The number of hydrogen-bond acceptors (Lipinski definition) is 3. The lowest BCUT2D eigenvalue weighted by Gasteiger charge is -2.30. The van der Waals surface area contributed by atoms with E-state index in [9.17, 15) is 9.90 Å². The molecular formula is C22H28BrNO3. The van der Waals surface area contributed by atoms with Gasteiger partial charge in [-0.25, -0.2) is 0 Å². The second kappa shape index (κ2) is 9.90. The van der Waals surface area contributed by atoms with E-state index in [1.54, 1.807) is 18.0 Å². The molecule has 0 aromatic heterocycles. The summed E-state index contributed by atoms with van der Waals surface area (Å²) < 4.78 is 6.68. The van der Waals surface area contributed by atoms with Crippen molar-refractivity contribution in [3.05, 3.63) is 64.1 Å². The molecule has 0 saturated carbocycles. The Hall–Kier alpha value is -1.85. The summed E-state index contributed by atoms with van der Waals surface area (Å²) in [4.78, 5) is 14.7.